The number of anilines is 1. The summed E-state index contributed by atoms with van der Waals surface area (Å²) in [7, 11) is 0. The maximum atomic E-state index is 9.85. The lowest BCUT2D eigenvalue weighted by molar-refractivity contribution is 0.0344. The topological polar surface area (TPSA) is 89.5 Å². The summed E-state index contributed by atoms with van der Waals surface area (Å²) in [5.74, 6) is 0.926. The summed E-state index contributed by atoms with van der Waals surface area (Å²) in [5, 5.41) is 17.3. The third-order valence-electron chi connectivity index (χ3n) is 3.36. The van der Waals surface area contributed by atoms with Gasteiger partial charge >= 0.3 is 0 Å². The lowest BCUT2D eigenvalue weighted by atomic mass is 10.1. The molecule has 0 unspecified atom stereocenters. The Bertz CT molecular complexity index is 475. The molecule has 2 heterocycles. The quantitative estimate of drug-likeness (QED) is 0.542. The smallest absolute Gasteiger partial charge is 0.129 e. The first-order valence-electron chi connectivity index (χ1n) is 6.85. The summed E-state index contributed by atoms with van der Waals surface area (Å²) in [4.78, 5) is 8.79. The second-order valence-corrected chi connectivity index (χ2v) is 5.89. The van der Waals surface area contributed by atoms with E-state index in [4.69, 9.17) is 11.1 Å². The predicted octanol–water partition coefficient (Wildman–Crippen LogP) is 0.259. The minimum Gasteiger partial charge on any atom is -0.389 e. The number of pyridine rings is 1. The van der Waals surface area contributed by atoms with Crippen LogP contribution in [-0.4, -0.2) is 59.2 Å². The van der Waals surface area contributed by atoms with Gasteiger partial charge in [0, 0.05) is 44.5 Å². The van der Waals surface area contributed by atoms with Gasteiger partial charge in [-0.2, -0.15) is 0 Å². The molecule has 0 aromatic carbocycles. The molecule has 0 radical (unpaired) electrons. The molecule has 1 aliphatic heterocycles. The van der Waals surface area contributed by atoms with Crippen LogP contribution in [0.15, 0.2) is 18.3 Å². The third-order valence-corrected chi connectivity index (χ3v) is 3.36. The highest BCUT2D eigenvalue weighted by Gasteiger charge is 2.23. The van der Waals surface area contributed by atoms with Crippen LogP contribution in [0.1, 0.15) is 19.4 Å². The number of aromatic nitrogens is 1. The number of nitrogens with zero attached hydrogens (tertiary/aromatic N) is 3. The fraction of sp³-hybridized carbons (Fsp3) is 0.571. The van der Waals surface area contributed by atoms with Crippen LogP contribution in [0, 0.1) is 5.41 Å². The Balaban J connectivity index is 1.97. The molecule has 6 nitrogen and oxygen atoms in total. The van der Waals surface area contributed by atoms with Crippen LogP contribution in [-0.2, 0) is 0 Å². The van der Waals surface area contributed by atoms with Gasteiger partial charge in [0.25, 0.3) is 0 Å². The molecule has 1 aromatic heterocycles. The van der Waals surface area contributed by atoms with Crippen molar-refractivity contribution in [2.24, 2.45) is 5.73 Å². The van der Waals surface area contributed by atoms with E-state index in [9.17, 15) is 5.11 Å². The van der Waals surface area contributed by atoms with E-state index < -0.39 is 5.60 Å². The molecular weight excluding hydrogens is 254 g/mol. The van der Waals surface area contributed by atoms with E-state index in [1.54, 1.807) is 12.3 Å². The van der Waals surface area contributed by atoms with Crippen molar-refractivity contribution in [1.29, 1.82) is 5.41 Å². The Labute approximate surface area is 119 Å². The maximum Gasteiger partial charge on any atom is 0.129 e. The van der Waals surface area contributed by atoms with Crippen molar-refractivity contribution >= 4 is 11.7 Å². The summed E-state index contributed by atoms with van der Waals surface area (Å²) >= 11 is 0. The highest BCUT2D eigenvalue weighted by atomic mass is 16.3. The SMILES string of the molecule is CC(C)(O)CN1CCN(c2cc(C(=N)N)ccn2)CC1. The van der Waals surface area contributed by atoms with Gasteiger partial charge in [-0.3, -0.25) is 10.3 Å². The van der Waals surface area contributed by atoms with Crippen molar-refractivity contribution < 1.29 is 5.11 Å². The first kappa shape index (κ1) is 14.7. The molecule has 1 aromatic rings. The monoisotopic (exact) mass is 277 g/mol. The Kier molecular flexibility index (Phi) is 4.25. The number of β-amino-alcohol motifs (C(OH)–C–C–N with tert-alkyl or cyclic N) is 1. The molecule has 1 fully saturated rings. The minimum absolute atomic E-state index is 0.0642. The number of rotatable bonds is 4. The van der Waals surface area contributed by atoms with Crippen LogP contribution in [0.5, 0.6) is 0 Å². The van der Waals surface area contributed by atoms with Gasteiger partial charge in [0.2, 0.25) is 0 Å². The van der Waals surface area contributed by atoms with Gasteiger partial charge in [-0.1, -0.05) is 0 Å². The van der Waals surface area contributed by atoms with Crippen molar-refractivity contribution in [3.8, 4) is 0 Å². The second kappa shape index (κ2) is 5.76. The van der Waals surface area contributed by atoms with Crippen molar-refractivity contribution in [2.75, 3.05) is 37.6 Å². The summed E-state index contributed by atoms with van der Waals surface area (Å²) < 4.78 is 0. The normalized spacial score (nSPS) is 17.2. The summed E-state index contributed by atoms with van der Waals surface area (Å²) in [5.41, 5.74) is 5.55. The molecule has 20 heavy (non-hydrogen) atoms. The molecule has 6 heteroatoms. The van der Waals surface area contributed by atoms with Gasteiger partial charge in [-0.15, -0.1) is 0 Å². The van der Waals surface area contributed by atoms with Crippen LogP contribution in [0.4, 0.5) is 5.82 Å². The van der Waals surface area contributed by atoms with Crippen LogP contribution in [0.25, 0.3) is 0 Å². The van der Waals surface area contributed by atoms with Gasteiger partial charge in [0.05, 0.1) is 5.60 Å². The lowest BCUT2D eigenvalue weighted by Gasteiger charge is -2.37. The fourth-order valence-corrected chi connectivity index (χ4v) is 2.44. The van der Waals surface area contributed by atoms with Gasteiger partial charge in [0.15, 0.2) is 0 Å². The summed E-state index contributed by atoms with van der Waals surface area (Å²) in [6.07, 6.45) is 1.69. The summed E-state index contributed by atoms with van der Waals surface area (Å²) in [6.45, 7) is 7.87. The van der Waals surface area contributed by atoms with Crippen LogP contribution >= 0.6 is 0 Å². The van der Waals surface area contributed by atoms with Crippen molar-refractivity contribution in [2.45, 2.75) is 19.4 Å². The van der Waals surface area contributed by atoms with E-state index in [0.717, 1.165) is 32.0 Å². The largest absolute Gasteiger partial charge is 0.389 e. The Morgan fingerprint density at radius 1 is 1.40 bits per heavy atom. The number of nitrogens with two attached hydrogens (primary N) is 1. The van der Waals surface area contributed by atoms with E-state index in [2.05, 4.69) is 14.8 Å². The zero-order valence-corrected chi connectivity index (χ0v) is 12.1. The van der Waals surface area contributed by atoms with Crippen LogP contribution in [0.2, 0.25) is 0 Å². The average Bonchev–Trinajstić information content (AvgIpc) is 2.38. The van der Waals surface area contributed by atoms with Gasteiger partial charge in [-0.05, 0) is 26.0 Å². The van der Waals surface area contributed by atoms with Crippen LogP contribution in [0.3, 0.4) is 0 Å². The fourth-order valence-electron chi connectivity index (χ4n) is 2.44. The molecule has 0 bridgehead atoms. The van der Waals surface area contributed by atoms with E-state index in [1.165, 1.54) is 0 Å². The molecule has 1 saturated heterocycles. The van der Waals surface area contributed by atoms with Gasteiger partial charge in [-0.25, -0.2) is 4.98 Å². The molecule has 0 amide bonds. The second-order valence-electron chi connectivity index (χ2n) is 5.89. The molecule has 1 aliphatic rings. The molecular formula is C14H23N5O. The zero-order valence-electron chi connectivity index (χ0n) is 12.1. The number of nitrogens with one attached hydrogen (secondary N) is 1. The minimum atomic E-state index is -0.658. The Morgan fingerprint density at radius 3 is 2.60 bits per heavy atom. The highest BCUT2D eigenvalue weighted by Crippen LogP contribution is 2.16. The summed E-state index contributed by atoms with van der Waals surface area (Å²) in [6, 6.07) is 3.60. The Hall–Kier alpha value is -1.66. The molecule has 2 rings (SSSR count). The molecule has 0 saturated carbocycles. The lowest BCUT2D eigenvalue weighted by Crippen LogP contribution is -2.50. The third kappa shape index (κ3) is 3.91. The van der Waals surface area contributed by atoms with E-state index >= 15 is 0 Å². The number of hydrogen-bond donors (Lipinski definition) is 3. The highest BCUT2D eigenvalue weighted by molar-refractivity contribution is 5.95. The number of aliphatic hydroxyl groups is 1. The Morgan fingerprint density at radius 2 is 2.05 bits per heavy atom. The predicted molar refractivity (Wildman–Crippen MR) is 80.2 cm³/mol. The molecule has 110 valence electrons. The van der Waals surface area contributed by atoms with E-state index in [-0.39, 0.29) is 5.84 Å². The number of piperazine rings is 1. The average molecular weight is 277 g/mol. The first-order chi connectivity index (χ1) is 9.35. The van der Waals surface area contributed by atoms with E-state index in [1.807, 2.05) is 19.9 Å². The van der Waals surface area contributed by atoms with E-state index in [0.29, 0.717) is 12.1 Å². The van der Waals surface area contributed by atoms with Crippen molar-refractivity contribution in [3.05, 3.63) is 23.9 Å². The number of hydrogen-bond acceptors (Lipinski definition) is 5. The zero-order chi connectivity index (χ0) is 14.8. The van der Waals surface area contributed by atoms with Gasteiger partial charge < -0.3 is 15.7 Å². The van der Waals surface area contributed by atoms with Crippen molar-refractivity contribution in [1.82, 2.24) is 9.88 Å². The van der Waals surface area contributed by atoms with Crippen molar-refractivity contribution in [3.63, 3.8) is 0 Å². The molecule has 0 aliphatic carbocycles. The first-order valence-corrected chi connectivity index (χ1v) is 6.85. The maximum absolute atomic E-state index is 9.85. The number of amidine groups is 1. The standard InChI is InChI=1S/C14H23N5O/c1-14(2,20)10-18-5-7-19(8-6-18)12-9-11(13(15)16)3-4-17-12/h3-4,9,20H,5-8,10H2,1-2H3,(H3,15,16). The number of nitrogen functional groups attached to an aromatic ring is 1. The molecule has 0 atom stereocenters. The van der Waals surface area contributed by atoms with Crippen LogP contribution < -0.4 is 10.6 Å². The van der Waals surface area contributed by atoms with Gasteiger partial charge in [0.1, 0.15) is 11.7 Å². The molecule has 0 spiro atoms. The molecule has 4 N–H and O–H groups in total.